The van der Waals surface area contributed by atoms with Crippen LogP contribution in [0.1, 0.15) is 40.2 Å². The Bertz CT molecular complexity index is 1180. The summed E-state index contributed by atoms with van der Waals surface area (Å²) in [5, 5.41) is 5.55. The summed E-state index contributed by atoms with van der Waals surface area (Å²) in [5.41, 5.74) is 4.69. The number of benzene rings is 2. The standard InChI is InChI=1S/C24H22ClN3S/c1-15-18(25)11-7-12-19(15)26-23-22-17-10-5-6-13-20(17)29-24(22)28-21(27-23)14-16-8-3-2-4-9-16/h2-4,7-9,11-12H,5-6,10,13-14H2,1H3,(H,26,27,28). The number of rotatable bonds is 4. The zero-order valence-electron chi connectivity index (χ0n) is 16.3. The first-order valence-electron chi connectivity index (χ1n) is 10.1. The van der Waals surface area contributed by atoms with Gasteiger partial charge in [-0.15, -0.1) is 11.3 Å². The normalized spacial score (nSPS) is 13.4. The van der Waals surface area contributed by atoms with Crippen LogP contribution in [0.5, 0.6) is 0 Å². The van der Waals surface area contributed by atoms with Crippen molar-refractivity contribution < 1.29 is 0 Å². The zero-order valence-corrected chi connectivity index (χ0v) is 17.9. The van der Waals surface area contributed by atoms with E-state index in [4.69, 9.17) is 21.6 Å². The Labute approximate surface area is 179 Å². The number of hydrogen-bond acceptors (Lipinski definition) is 4. The molecule has 4 aromatic rings. The van der Waals surface area contributed by atoms with Gasteiger partial charge in [-0.3, -0.25) is 0 Å². The number of anilines is 2. The van der Waals surface area contributed by atoms with Gasteiger partial charge in [0, 0.05) is 22.0 Å². The smallest absolute Gasteiger partial charge is 0.143 e. The van der Waals surface area contributed by atoms with Gasteiger partial charge in [0.25, 0.3) is 0 Å². The molecule has 0 amide bonds. The van der Waals surface area contributed by atoms with Crippen LogP contribution in [0.3, 0.4) is 0 Å². The van der Waals surface area contributed by atoms with E-state index in [0.29, 0.717) is 0 Å². The lowest BCUT2D eigenvalue weighted by molar-refractivity contribution is 0.700. The maximum Gasteiger partial charge on any atom is 0.143 e. The van der Waals surface area contributed by atoms with Crippen LogP contribution < -0.4 is 5.32 Å². The molecular weight excluding hydrogens is 398 g/mol. The van der Waals surface area contributed by atoms with Gasteiger partial charge in [0.2, 0.25) is 0 Å². The highest BCUT2D eigenvalue weighted by atomic mass is 35.5. The van der Waals surface area contributed by atoms with Gasteiger partial charge in [-0.05, 0) is 61.4 Å². The summed E-state index contributed by atoms with van der Waals surface area (Å²) in [6, 6.07) is 16.4. The van der Waals surface area contributed by atoms with E-state index >= 15 is 0 Å². The summed E-state index contributed by atoms with van der Waals surface area (Å²) < 4.78 is 0. The topological polar surface area (TPSA) is 37.8 Å². The molecule has 3 nitrogen and oxygen atoms in total. The van der Waals surface area contributed by atoms with Gasteiger partial charge in [-0.25, -0.2) is 9.97 Å². The lowest BCUT2D eigenvalue weighted by atomic mass is 9.97. The number of hydrogen-bond donors (Lipinski definition) is 1. The zero-order chi connectivity index (χ0) is 19.8. The molecular formula is C24H22ClN3S. The number of aryl methyl sites for hydroxylation is 2. The van der Waals surface area contributed by atoms with E-state index in [1.165, 1.54) is 34.2 Å². The lowest BCUT2D eigenvalue weighted by Crippen LogP contribution is -2.05. The Hall–Kier alpha value is -2.43. The number of nitrogens with zero attached hydrogens (tertiary/aromatic N) is 2. The third-order valence-electron chi connectivity index (χ3n) is 5.59. The predicted octanol–water partition coefficient (Wildman–Crippen LogP) is 6.87. The van der Waals surface area contributed by atoms with E-state index in [2.05, 4.69) is 35.6 Å². The molecule has 146 valence electrons. The average molecular weight is 420 g/mol. The number of aromatic nitrogens is 2. The van der Waals surface area contributed by atoms with Gasteiger partial charge in [-0.1, -0.05) is 48.0 Å². The molecule has 0 saturated carbocycles. The van der Waals surface area contributed by atoms with Crippen LogP contribution in [0, 0.1) is 6.92 Å². The molecule has 0 bridgehead atoms. The molecule has 0 radical (unpaired) electrons. The second kappa shape index (κ2) is 7.77. The van der Waals surface area contributed by atoms with Gasteiger partial charge in [-0.2, -0.15) is 0 Å². The van der Waals surface area contributed by atoms with E-state index in [1.807, 2.05) is 36.5 Å². The first-order valence-corrected chi connectivity index (χ1v) is 11.3. The maximum atomic E-state index is 6.36. The fourth-order valence-corrected chi connectivity index (χ4v) is 5.47. The highest BCUT2D eigenvalue weighted by molar-refractivity contribution is 7.19. The minimum absolute atomic E-state index is 0.725. The lowest BCUT2D eigenvalue weighted by Gasteiger charge is -2.15. The van der Waals surface area contributed by atoms with E-state index in [9.17, 15) is 0 Å². The second-order valence-electron chi connectivity index (χ2n) is 7.58. The molecule has 0 spiro atoms. The van der Waals surface area contributed by atoms with Gasteiger partial charge >= 0.3 is 0 Å². The van der Waals surface area contributed by atoms with Crippen molar-refractivity contribution in [2.45, 2.75) is 39.0 Å². The van der Waals surface area contributed by atoms with Gasteiger partial charge < -0.3 is 5.32 Å². The Kier molecular flexibility index (Phi) is 4.98. The van der Waals surface area contributed by atoms with Crippen molar-refractivity contribution in [3.8, 4) is 0 Å². The summed E-state index contributed by atoms with van der Waals surface area (Å²) in [5.74, 6) is 1.76. The van der Waals surface area contributed by atoms with Crippen LogP contribution in [-0.2, 0) is 19.3 Å². The van der Waals surface area contributed by atoms with E-state index in [1.54, 1.807) is 0 Å². The number of halogens is 1. The van der Waals surface area contributed by atoms with Gasteiger partial charge in [0.1, 0.15) is 16.5 Å². The fraction of sp³-hybridized carbons (Fsp3) is 0.250. The van der Waals surface area contributed by atoms with Crippen LogP contribution >= 0.6 is 22.9 Å². The van der Waals surface area contributed by atoms with E-state index in [0.717, 1.165) is 52.0 Å². The first kappa shape index (κ1) is 18.6. The molecule has 0 saturated heterocycles. The van der Waals surface area contributed by atoms with Crippen molar-refractivity contribution in [1.29, 1.82) is 0 Å². The van der Waals surface area contributed by atoms with Crippen LogP contribution in [-0.4, -0.2) is 9.97 Å². The molecule has 5 heteroatoms. The van der Waals surface area contributed by atoms with Crippen molar-refractivity contribution in [2.75, 3.05) is 5.32 Å². The quantitative estimate of drug-likeness (QED) is 0.392. The predicted molar refractivity (Wildman–Crippen MR) is 123 cm³/mol. The van der Waals surface area contributed by atoms with E-state index in [-0.39, 0.29) is 0 Å². The molecule has 1 aliphatic rings. The van der Waals surface area contributed by atoms with Gasteiger partial charge in [0.15, 0.2) is 0 Å². The van der Waals surface area contributed by atoms with Crippen LogP contribution in [0.2, 0.25) is 5.02 Å². The Balaban J connectivity index is 1.64. The number of thiophene rings is 1. The summed E-state index contributed by atoms with van der Waals surface area (Å²) in [6.45, 7) is 2.04. The molecule has 0 unspecified atom stereocenters. The van der Waals surface area contributed by atoms with Crippen molar-refractivity contribution in [2.24, 2.45) is 0 Å². The van der Waals surface area contributed by atoms with Crippen molar-refractivity contribution in [3.05, 3.63) is 80.9 Å². The van der Waals surface area contributed by atoms with Crippen molar-refractivity contribution in [3.63, 3.8) is 0 Å². The minimum atomic E-state index is 0.725. The molecule has 1 N–H and O–H groups in total. The molecule has 5 rings (SSSR count). The second-order valence-corrected chi connectivity index (χ2v) is 9.07. The molecule has 0 atom stereocenters. The van der Waals surface area contributed by atoms with E-state index < -0.39 is 0 Å². The van der Waals surface area contributed by atoms with Crippen LogP contribution in [0.15, 0.2) is 48.5 Å². The maximum absolute atomic E-state index is 6.36. The number of nitrogens with one attached hydrogen (secondary N) is 1. The molecule has 2 aromatic carbocycles. The molecule has 2 heterocycles. The highest BCUT2D eigenvalue weighted by Gasteiger charge is 2.21. The summed E-state index contributed by atoms with van der Waals surface area (Å²) in [6.07, 6.45) is 5.49. The van der Waals surface area contributed by atoms with Crippen molar-refractivity contribution in [1.82, 2.24) is 9.97 Å². The number of fused-ring (bicyclic) bond motifs is 3. The van der Waals surface area contributed by atoms with Gasteiger partial charge in [0.05, 0.1) is 5.39 Å². The average Bonchev–Trinajstić information content (AvgIpc) is 3.11. The summed E-state index contributed by atoms with van der Waals surface area (Å²) >= 11 is 8.20. The molecule has 0 aliphatic heterocycles. The Morgan fingerprint density at radius 3 is 2.69 bits per heavy atom. The minimum Gasteiger partial charge on any atom is -0.339 e. The van der Waals surface area contributed by atoms with Crippen LogP contribution in [0.25, 0.3) is 10.2 Å². The summed E-state index contributed by atoms with van der Waals surface area (Å²) in [7, 11) is 0. The SMILES string of the molecule is Cc1c(Cl)cccc1Nc1nc(Cc2ccccc2)nc2sc3c(c12)CCCC3. The Morgan fingerprint density at radius 1 is 1.00 bits per heavy atom. The molecule has 1 aliphatic carbocycles. The monoisotopic (exact) mass is 419 g/mol. The molecule has 0 fully saturated rings. The largest absolute Gasteiger partial charge is 0.339 e. The third-order valence-corrected chi connectivity index (χ3v) is 7.18. The van der Waals surface area contributed by atoms with Crippen molar-refractivity contribution >= 4 is 44.7 Å². The first-order chi connectivity index (χ1) is 14.2. The molecule has 29 heavy (non-hydrogen) atoms. The summed E-state index contributed by atoms with van der Waals surface area (Å²) in [4.78, 5) is 12.5. The van der Waals surface area contributed by atoms with Crippen LogP contribution in [0.4, 0.5) is 11.5 Å². The Morgan fingerprint density at radius 2 is 1.83 bits per heavy atom. The fourth-order valence-electron chi connectivity index (χ4n) is 4.02. The molecule has 2 aromatic heterocycles. The highest BCUT2D eigenvalue weighted by Crippen LogP contribution is 2.40. The third kappa shape index (κ3) is 3.63.